The number of aliphatic hydroxyl groups excluding tert-OH is 1. The summed E-state index contributed by atoms with van der Waals surface area (Å²) in [4.78, 5) is 11.6. The van der Waals surface area contributed by atoms with Crippen LogP contribution in [0.2, 0.25) is 0 Å². The summed E-state index contributed by atoms with van der Waals surface area (Å²) in [5.74, 6) is -1.43. The zero-order valence-corrected chi connectivity index (χ0v) is 16.5. The Hall–Kier alpha value is -1.95. The molecule has 0 amide bonds. The molecule has 0 unspecified atom stereocenters. The fourth-order valence-electron chi connectivity index (χ4n) is 3.36. The molecule has 6 heteroatoms. The summed E-state index contributed by atoms with van der Waals surface area (Å²) >= 11 is 0. The number of alkyl halides is 2. The highest BCUT2D eigenvalue weighted by atomic mass is 19.3. The Kier molecular flexibility index (Phi) is 8.42. The van der Waals surface area contributed by atoms with Gasteiger partial charge in [0.15, 0.2) is 0 Å². The van der Waals surface area contributed by atoms with Gasteiger partial charge in [0.2, 0.25) is 0 Å². The van der Waals surface area contributed by atoms with E-state index in [-0.39, 0.29) is 24.2 Å². The molecule has 1 aliphatic rings. The maximum absolute atomic E-state index is 14.5. The second kappa shape index (κ2) is 10.6. The van der Waals surface area contributed by atoms with E-state index in [1.54, 1.807) is 12.1 Å². The Morgan fingerprint density at radius 2 is 1.82 bits per heavy atom. The maximum Gasteiger partial charge on any atom is 0.400 e. The third-order valence-corrected chi connectivity index (χ3v) is 5.15. The normalized spacial score (nSPS) is 19.9. The fourth-order valence-corrected chi connectivity index (χ4v) is 3.36. The second-order valence-electron chi connectivity index (χ2n) is 7.41. The summed E-state index contributed by atoms with van der Waals surface area (Å²) < 4.78 is 39.3. The molecular formula is C22H30F2O4. The van der Waals surface area contributed by atoms with E-state index < -0.39 is 30.7 Å². The van der Waals surface area contributed by atoms with Crippen LogP contribution in [0.15, 0.2) is 36.4 Å². The molecular weight excluding hydrogens is 366 g/mol. The van der Waals surface area contributed by atoms with Gasteiger partial charge in [-0.25, -0.2) is 4.79 Å². The lowest BCUT2D eigenvalue weighted by molar-refractivity contribution is -0.225. The van der Waals surface area contributed by atoms with E-state index in [1.807, 2.05) is 12.1 Å². The third-order valence-electron chi connectivity index (χ3n) is 5.15. The number of halogens is 2. The number of benzene rings is 1. The van der Waals surface area contributed by atoms with Gasteiger partial charge in [-0.15, -0.1) is 0 Å². The minimum absolute atomic E-state index is 0.0334. The smallest absolute Gasteiger partial charge is 0.400 e. The van der Waals surface area contributed by atoms with E-state index in [4.69, 9.17) is 14.6 Å². The molecule has 4 nitrogen and oxygen atoms in total. The molecule has 2 rings (SSSR count). The molecule has 1 aromatic carbocycles. The minimum atomic E-state index is -3.27. The lowest BCUT2D eigenvalue weighted by atomic mass is 9.86. The van der Waals surface area contributed by atoms with Gasteiger partial charge in [0, 0.05) is 0 Å². The van der Waals surface area contributed by atoms with Crippen molar-refractivity contribution in [3.05, 3.63) is 42.0 Å². The molecule has 0 aliphatic heterocycles. The monoisotopic (exact) mass is 396 g/mol. The number of rotatable bonds is 10. The molecule has 1 saturated carbocycles. The Morgan fingerprint density at radius 3 is 2.39 bits per heavy atom. The van der Waals surface area contributed by atoms with Gasteiger partial charge in [0.25, 0.3) is 0 Å². The molecule has 1 aliphatic carbocycles. The first-order chi connectivity index (χ1) is 13.4. The molecule has 0 atom stereocenters. The van der Waals surface area contributed by atoms with Crippen molar-refractivity contribution >= 4 is 5.97 Å². The average Bonchev–Trinajstić information content (AvgIpc) is 2.69. The van der Waals surface area contributed by atoms with Gasteiger partial charge in [0.1, 0.15) is 11.9 Å². The summed E-state index contributed by atoms with van der Waals surface area (Å²) in [6.45, 7) is 5.07. The summed E-state index contributed by atoms with van der Waals surface area (Å²) in [5.41, 5.74) is 1.09. The number of esters is 1. The van der Waals surface area contributed by atoms with Gasteiger partial charge in [0.05, 0.1) is 18.1 Å². The second-order valence-corrected chi connectivity index (χ2v) is 7.41. The molecule has 28 heavy (non-hydrogen) atoms. The molecule has 0 spiro atoms. The van der Waals surface area contributed by atoms with Crippen LogP contribution in [0.25, 0.3) is 0 Å². The zero-order valence-electron chi connectivity index (χ0n) is 16.5. The Balaban J connectivity index is 1.83. The van der Waals surface area contributed by atoms with Crippen molar-refractivity contribution in [1.82, 2.24) is 0 Å². The third kappa shape index (κ3) is 6.59. The number of unbranched alkanes of at least 4 members (excludes halogenated alkanes) is 2. The van der Waals surface area contributed by atoms with Crippen molar-refractivity contribution in [2.45, 2.75) is 70.5 Å². The number of aliphatic hydroxyl groups is 1. The topological polar surface area (TPSA) is 55.8 Å². The van der Waals surface area contributed by atoms with E-state index in [0.29, 0.717) is 12.8 Å². The highest BCUT2D eigenvalue weighted by Gasteiger charge is 2.44. The van der Waals surface area contributed by atoms with Crippen LogP contribution < -0.4 is 4.74 Å². The number of hydrogen-bond donors (Lipinski definition) is 1. The number of hydrogen-bond acceptors (Lipinski definition) is 4. The Bertz CT molecular complexity index is 634. The predicted molar refractivity (Wildman–Crippen MR) is 103 cm³/mol. The molecule has 0 bridgehead atoms. The van der Waals surface area contributed by atoms with Crippen molar-refractivity contribution in [3.63, 3.8) is 0 Å². The van der Waals surface area contributed by atoms with E-state index in [1.165, 1.54) is 0 Å². The SMILES string of the molecule is C=C(CO)C(=O)OC1CCC(C(F)(F)Oc2ccc(CCCCC)cc2)CC1. The highest BCUT2D eigenvalue weighted by molar-refractivity contribution is 5.88. The van der Waals surface area contributed by atoms with Crippen LogP contribution in [0.5, 0.6) is 5.75 Å². The van der Waals surface area contributed by atoms with Gasteiger partial charge < -0.3 is 14.6 Å². The fraction of sp³-hybridized carbons (Fsp3) is 0.591. The molecule has 1 aromatic rings. The van der Waals surface area contributed by atoms with Gasteiger partial charge >= 0.3 is 12.1 Å². The van der Waals surface area contributed by atoms with Crippen LogP contribution in [0.3, 0.4) is 0 Å². The molecule has 1 fully saturated rings. The van der Waals surface area contributed by atoms with Crippen molar-refractivity contribution < 1.29 is 28.2 Å². The summed E-state index contributed by atoms with van der Waals surface area (Å²) in [5, 5.41) is 8.88. The van der Waals surface area contributed by atoms with Gasteiger partial charge in [-0.3, -0.25) is 0 Å². The number of carbonyl (C=O) groups excluding carboxylic acids is 1. The van der Waals surface area contributed by atoms with Crippen LogP contribution in [-0.2, 0) is 16.0 Å². The van der Waals surface area contributed by atoms with E-state index in [2.05, 4.69) is 13.5 Å². The molecule has 156 valence electrons. The van der Waals surface area contributed by atoms with E-state index in [0.717, 1.165) is 31.2 Å². The van der Waals surface area contributed by atoms with E-state index >= 15 is 0 Å². The lowest BCUT2D eigenvalue weighted by Crippen LogP contribution is -2.39. The van der Waals surface area contributed by atoms with Gasteiger partial charge in [-0.1, -0.05) is 38.5 Å². The maximum atomic E-state index is 14.5. The van der Waals surface area contributed by atoms with Crippen molar-refractivity contribution in [3.8, 4) is 5.75 Å². The van der Waals surface area contributed by atoms with Crippen LogP contribution in [-0.4, -0.2) is 29.9 Å². The average molecular weight is 396 g/mol. The van der Waals surface area contributed by atoms with Crippen LogP contribution in [0.1, 0.15) is 57.4 Å². The number of aryl methyl sites for hydroxylation is 1. The summed E-state index contributed by atoms with van der Waals surface area (Å²) in [6.07, 6.45) is 1.71. The first kappa shape index (κ1) is 22.3. The first-order valence-corrected chi connectivity index (χ1v) is 10.0. The van der Waals surface area contributed by atoms with Crippen LogP contribution in [0, 0.1) is 5.92 Å². The number of ether oxygens (including phenoxy) is 2. The standard InChI is InChI=1S/C22H30F2O4/c1-3-4-5-6-17-7-11-20(12-8-17)28-22(23,24)18-9-13-19(14-10-18)27-21(26)16(2)15-25/h7-8,11-12,18-19,25H,2-6,9-10,13-15H2,1H3. The largest absolute Gasteiger partial charge is 0.459 e. The Morgan fingerprint density at radius 1 is 1.18 bits per heavy atom. The highest BCUT2D eigenvalue weighted by Crippen LogP contribution is 2.39. The quantitative estimate of drug-likeness (QED) is 0.342. The molecule has 1 N–H and O–H groups in total. The first-order valence-electron chi connectivity index (χ1n) is 10.0. The van der Waals surface area contributed by atoms with Crippen molar-refractivity contribution in [1.29, 1.82) is 0 Å². The van der Waals surface area contributed by atoms with Crippen molar-refractivity contribution in [2.24, 2.45) is 5.92 Å². The molecule has 0 saturated heterocycles. The molecule has 0 heterocycles. The zero-order chi connectivity index (χ0) is 20.6. The molecule has 0 aromatic heterocycles. The van der Waals surface area contributed by atoms with Crippen LogP contribution >= 0.6 is 0 Å². The lowest BCUT2D eigenvalue weighted by Gasteiger charge is -2.33. The summed E-state index contributed by atoms with van der Waals surface area (Å²) in [6, 6.07) is 6.88. The van der Waals surface area contributed by atoms with Gasteiger partial charge in [-0.2, -0.15) is 8.78 Å². The van der Waals surface area contributed by atoms with Crippen molar-refractivity contribution in [2.75, 3.05) is 6.61 Å². The van der Waals surface area contributed by atoms with Crippen LogP contribution in [0.4, 0.5) is 8.78 Å². The molecule has 0 radical (unpaired) electrons. The predicted octanol–water partition coefficient (Wildman–Crippen LogP) is 5.04. The Labute approximate surface area is 165 Å². The minimum Gasteiger partial charge on any atom is -0.459 e. The van der Waals surface area contributed by atoms with E-state index in [9.17, 15) is 13.6 Å². The summed E-state index contributed by atoms with van der Waals surface area (Å²) in [7, 11) is 0. The van der Waals surface area contributed by atoms with Gasteiger partial charge in [-0.05, 0) is 56.2 Å². The number of carbonyl (C=O) groups is 1.